The maximum Gasteiger partial charge on any atom is 0.328 e. The van der Waals surface area contributed by atoms with Crippen LogP contribution >= 0.6 is 0 Å². The first-order valence-electron chi connectivity index (χ1n) is 7.98. The van der Waals surface area contributed by atoms with Crippen molar-refractivity contribution in [1.82, 2.24) is 5.32 Å². The molecular formula is C19H18N2O6. The second-order valence-corrected chi connectivity index (χ2v) is 5.62. The summed E-state index contributed by atoms with van der Waals surface area (Å²) in [6.07, 6.45) is 2.12. The fraction of sp³-hybridized carbons (Fsp3) is 0.158. The second kappa shape index (κ2) is 9.14. The van der Waals surface area contributed by atoms with E-state index in [-0.39, 0.29) is 17.7 Å². The molecule has 0 radical (unpaired) electrons. The number of amides is 1. The topological polar surface area (TPSA) is 119 Å². The van der Waals surface area contributed by atoms with Crippen molar-refractivity contribution < 1.29 is 24.4 Å². The lowest BCUT2D eigenvalue weighted by Crippen LogP contribution is -2.43. The van der Waals surface area contributed by atoms with Crippen LogP contribution in [-0.4, -0.2) is 35.1 Å². The average Bonchev–Trinajstić information content (AvgIpc) is 2.66. The van der Waals surface area contributed by atoms with Crippen molar-refractivity contribution in [2.24, 2.45) is 0 Å². The SMILES string of the molecule is COC(=O)[C@H](Cc1ccccc1)NC(=O)c1cc(/C=C/[N+](=O)[O-])ccc1O. The molecule has 0 aliphatic heterocycles. The summed E-state index contributed by atoms with van der Waals surface area (Å²) in [4.78, 5) is 34.4. The minimum absolute atomic E-state index is 0.109. The Kier molecular flexibility index (Phi) is 6.65. The molecule has 0 aliphatic carbocycles. The Hall–Kier alpha value is -3.68. The first kappa shape index (κ1) is 19.6. The summed E-state index contributed by atoms with van der Waals surface area (Å²) in [7, 11) is 1.22. The van der Waals surface area contributed by atoms with Gasteiger partial charge >= 0.3 is 5.97 Å². The van der Waals surface area contributed by atoms with Gasteiger partial charge in [-0.3, -0.25) is 14.9 Å². The average molecular weight is 370 g/mol. The predicted molar refractivity (Wildman–Crippen MR) is 97.6 cm³/mol. The van der Waals surface area contributed by atoms with Gasteiger partial charge in [-0.25, -0.2) is 4.79 Å². The fourth-order valence-corrected chi connectivity index (χ4v) is 2.41. The van der Waals surface area contributed by atoms with Gasteiger partial charge in [-0.2, -0.15) is 0 Å². The highest BCUT2D eigenvalue weighted by atomic mass is 16.6. The lowest BCUT2D eigenvalue weighted by atomic mass is 10.0. The molecule has 0 bridgehead atoms. The van der Waals surface area contributed by atoms with Gasteiger partial charge in [0.25, 0.3) is 5.91 Å². The normalized spacial score (nSPS) is 11.7. The standard InChI is InChI=1S/C19H18N2O6/c1-27-19(24)16(12-13-5-3-2-4-6-13)20-18(23)15-11-14(7-8-17(15)22)9-10-21(25)26/h2-11,16,22H,12H2,1H3,(H,20,23)/b10-9+/t16-/m0/s1. The van der Waals surface area contributed by atoms with Gasteiger partial charge < -0.3 is 15.2 Å². The Balaban J connectivity index is 2.22. The molecule has 2 aromatic carbocycles. The molecule has 1 atom stereocenters. The molecule has 2 rings (SSSR count). The van der Waals surface area contributed by atoms with Crippen LogP contribution in [0.4, 0.5) is 0 Å². The molecule has 0 spiro atoms. The van der Waals surface area contributed by atoms with Crippen molar-refractivity contribution in [3.8, 4) is 5.75 Å². The van der Waals surface area contributed by atoms with Crippen molar-refractivity contribution in [3.05, 3.63) is 81.5 Å². The first-order valence-corrected chi connectivity index (χ1v) is 7.98. The van der Waals surface area contributed by atoms with Crippen LogP contribution in [0.25, 0.3) is 6.08 Å². The van der Waals surface area contributed by atoms with Crippen LogP contribution < -0.4 is 5.32 Å². The number of nitro groups is 1. The van der Waals surface area contributed by atoms with Gasteiger partial charge in [0, 0.05) is 12.5 Å². The number of benzene rings is 2. The molecule has 27 heavy (non-hydrogen) atoms. The number of phenolic OH excluding ortho intramolecular Hbond substituents is 1. The number of hydrogen-bond donors (Lipinski definition) is 2. The van der Waals surface area contributed by atoms with Crippen molar-refractivity contribution in [2.45, 2.75) is 12.5 Å². The van der Waals surface area contributed by atoms with Crippen molar-refractivity contribution >= 4 is 18.0 Å². The first-order chi connectivity index (χ1) is 12.9. The van der Waals surface area contributed by atoms with E-state index in [9.17, 15) is 24.8 Å². The Labute approximate surface area is 155 Å². The van der Waals surface area contributed by atoms with Gasteiger partial charge in [0.05, 0.1) is 17.6 Å². The lowest BCUT2D eigenvalue weighted by Gasteiger charge is -2.17. The van der Waals surface area contributed by atoms with Gasteiger partial charge in [0.1, 0.15) is 11.8 Å². The molecular weight excluding hydrogens is 352 g/mol. The number of methoxy groups -OCH3 is 1. The summed E-state index contributed by atoms with van der Waals surface area (Å²) in [6.45, 7) is 0. The monoisotopic (exact) mass is 370 g/mol. The number of nitrogens with zero attached hydrogens (tertiary/aromatic N) is 1. The number of carbonyl (C=O) groups excluding carboxylic acids is 2. The van der Waals surface area contributed by atoms with Crippen LogP contribution in [0, 0.1) is 10.1 Å². The Morgan fingerprint density at radius 3 is 2.59 bits per heavy atom. The van der Waals surface area contributed by atoms with Gasteiger partial charge in [-0.15, -0.1) is 0 Å². The molecule has 1 amide bonds. The summed E-state index contributed by atoms with van der Waals surface area (Å²) in [5.41, 5.74) is 1.06. The third-order valence-corrected chi connectivity index (χ3v) is 3.73. The van der Waals surface area contributed by atoms with E-state index in [0.717, 1.165) is 11.8 Å². The van der Waals surface area contributed by atoms with Crippen LogP contribution in [0.3, 0.4) is 0 Å². The molecule has 8 nitrogen and oxygen atoms in total. The van der Waals surface area contributed by atoms with Gasteiger partial charge in [0.15, 0.2) is 0 Å². The maximum atomic E-state index is 12.5. The van der Waals surface area contributed by atoms with E-state index in [2.05, 4.69) is 5.32 Å². The smallest absolute Gasteiger partial charge is 0.328 e. The zero-order chi connectivity index (χ0) is 19.8. The molecule has 0 unspecified atom stereocenters. The summed E-state index contributed by atoms with van der Waals surface area (Å²) in [6, 6.07) is 12.1. The largest absolute Gasteiger partial charge is 0.507 e. The predicted octanol–water partition coefficient (Wildman–Crippen LogP) is 2.15. The van der Waals surface area contributed by atoms with Gasteiger partial charge in [-0.05, 0) is 23.3 Å². The maximum absolute atomic E-state index is 12.5. The van der Waals surface area contributed by atoms with E-state index < -0.39 is 22.8 Å². The van der Waals surface area contributed by atoms with Gasteiger partial charge in [-0.1, -0.05) is 36.4 Å². The molecule has 0 fully saturated rings. The number of esters is 1. The molecule has 0 saturated heterocycles. The summed E-state index contributed by atoms with van der Waals surface area (Å²) < 4.78 is 4.74. The van der Waals surface area contributed by atoms with Crippen LogP contribution in [0.1, 0.15) is 21.5 Å². The van der Waals surface area contributed by atoms with E-state index in [1.54, 1.807) is 0 Å². The number of aromatic hydroxyl groups is 1. The lowest BCUT2D eigenvalue weighted by molar-refractivity contribution is -0.400. The molecule has 0 heterocycles. The summed E-state index contributed by atoms with van der Waals surface area (Å²) in [5.74, 6) is -1.64. The van der Waals surface area contributed by atoms with Crippen LogP contribution in [0.2, 0.25) is 0 Å². The van der Waals surface area contributed by atoms with Crippen molar-refractivity contribution in [3.63, 3.8) is 0 Å². The molecule has 2 N–H and O–H groups in total. The molecule has 8 heteroatoms. The van der Waals surface area contributed by atoms with Gasteiger partial charge in [0.2, 0.25) is 6.20 Å². The highest BCUT2D eigenvalue weighted by molar-refractivity contribution is 5.99. The van der Waals surface area contributed by atoms with E-state index in [1.165, 1.54) is 31.4 Å². The second-order valence-electron chi connectivity index (χ2n) is 5.62. The molecule has 0 saturated carbocycles. The number of rotatable bonds is 7. The van der Waals surface area contributed by atoms with Crippen LogP contribution in [0.5, 0.6) is 5.75 Å². The summed E-state index contributed by atoms with van der Waals surface area (Å²) in [5, 5.41) is 22.9. The van der Waals surface area contributed by atoms with E-state index in [4.69, 9.17) is 4.74 Å². The number of ether oxygens (including phenoxy) is 1. The number of nitrogens with one attached hydrogen (secondary N) is 1. The third kappa shape index (κ3) is 5.67. The molecule has 140 valence electrons. The van der Waals surface area contributed by atoms with E-state index in [0.29, 0.717) is 5.56 Å². The van der Waals surface area contributed by atoms with E-state index in [1.807, 2.05) is 30.3 Å². The summed E-state index contributed by atoms with van der Waals surface area (Å²) >= 11 is 0. The highest BCUT2D eigenvalue weighted by Crippen LogP contribution is 2.20. The minimum atomic E-state index is -0.956. The number of phenols is 1. The molecule has 0 aliphatic rings. The van der Waals surface area contributed by atoms with Crippen LogP contribution in [0.15, 0.2) is 54.7 Å². The number of carbonyl (C=O) groups is 2. The Bertz CT molecular complexity index is 864. The zero-order valence-corrected chi connectivity index (χ0v) is 14.5. The minimum Gasteiger partial charge on any atom is -0.507 e. The Morgan fingerprint density at radius 2 is 1.96 bits per heavy atom. The highest BCUT2D eigenvalue weighted by Gasteiger charge is 2.24. The van der Waals surface area contributed by atoms with Crippen LogP contribution in [-0.2, 0) is 16.0 Å². The quantitative estimate of drug-likeness (QED) is 0.438. The number of hydrogen-bond acceptors (Lipinski definition) is 6. The van der Waals surface area contributed by atoms with Crippen molar-refractivity contribution in [2.75, 3.05) is 7.11 Å². The van der Waals surface area contributed by atoms with E-state index >= 15 is 0 Å². The molecule has 2 aromatic rings. The third-order valence-electron chi connectivity index (χ3n) is 3.73. The fourth-order valence-electron chi connectivity index (χ4n) is 2.41. The molecule has 0 aromatic heterocycles. The zero-order valence-electron chi connectivity index (χ0n) is 14.5. The van der Waals surface area contributed by atoms with Crippen molar-refractivity contribution in [1.29, 1.82) is 0 Å². The Morgan fingerprint density at radius 1 is 1.26 bits per heavy atom.